The monoisotopic (exact) mass is 377 g/mol. The lowest BCUT2D eigenvalue weighted by Crippen LogP contribution is -2.46. The molecule has 5 nitrogen and oxygen atoms in total. The van der Waals surface area contributed by atoms with Gasteiger partial charge in [0.05, 0.1) is 22.7 Å². The van der Waals surface area contributed by atoms with Gasteiger partial charge in [-0.25, -0.2) is 8.42 Å². The maximum absolute atomic E-state index is 11.7. The molecular formula is C19H28BNO4S. The van der Waals surface area contributed by atoms with Gasteiger partial charge in [-0.2, -0.15) is 0 Å². The fraction of sp³-hybridized carbons (Fsp3) is 0.684. The first-order valence-electron chi connectivity index (χ1n) is 9.46. The van der Waals surface area contributed by atoms with E-state index in [1.807, 2.05) is 0 Å². The van der Waals surface area contributed by atoms with Crippen molar-refractivity contribution in [3.63, 3.8) is 0 Å². The minimum absolute atomic E-state index is 0.0321. The highest BCUT2D eigenvalue weighted by molar-refractivity contribution is 7.91. The summed E-state index contributed by atoms with van der Waals surface area (Å²) in [4.78, 5) is 2.36. The van der Waals surface area contributed by atoms with E-state index in [-0.39, 0.29) is 35.4 Å². The topological polar surface area (TPSA) is 55.8 Å². The second-order valence-corrected chi connectivity index (χ2v) is 11.2. The van der Waals surface area contributed by atoms with Crippen LogP contribution in [-0.4, -0.2) is 56.2 Å². The first-order valence-corrected chi connectivity index (χ1v) is 11.3. The van der Waals surface area contributed by atoms with Gasteiger partial charge in [-0.1, -0.05) is 24.3 Å². The molecule has 0 atom stereocenters. The third-order valence-electron chi connectivity index (χ3n) is 6.65. The number of nitrogens with zero attached hydrogens (tertiary/aromatic N) is 1. The summed E-state index contributed by atoms with van der Waals surface area (Å²) in [6.07, 6.45) is 2.20. The van der Waals surface area contributed by atoms with E-state index in [0.29, 0.717) is 13.1 Å². The zero-order valence-electron chi connectivity index (χ0n) is 16.1. The molecule has 2 saturated heterocycles. The average molecular weight is 377 g/mol. The molecule has 4 rings (SSSR count). The number of hydrogen-bond acceptors (Lipinski definition) is 5. The Hall–Kier alpha value is -0.885. The van der Waals surface area contributed by atoms with Crippen molar-refractivity contribution in [3.05, 3.63) is 29.8 Å². The number of hydrogen-bond donors (Lipinski definition) is 0. The number of benzene rings is 1. The van der Waals surface area contributed by atoms with Crippen molar-refractivity contribution in [2.24, 2.45) is 0 Å². The van der Waals surface area contributed by atoms with Gasteiger partial charge in [0.1, 0.15) is 0 Å². The molecule has 0 amide bonds. The number of rotatable bonds is 3. The third kappa shape index (κ3) is 3.03. The van der Waals surface area contributed by atoms with Crippen molar-refractivity contribution >= 4 is 22.4 Å². The summed E-state index contributed by atoms with van der Waals surface area (Å²) < 4.78 is 35.7. The van der Waals surface area contributed by atoms with Crippen LogP contribution in [0, 0.1) is 0 Å². The highest BCUT2D eigenvalue weighted by Gasteiger charge is 2.53. The predicted octanol–water partition coefficient (Wildman–Crippen LogP) is 1.71. The maximum Gasteiger partial charge on any atom is 0.494 e. The Labute approximate surface area is 157 Å². The van der Waals surface area contributed by atoms with E-state index < -0.39 is 9.84 Å². The molecule has 142 valence electrons. The van der Waals surface area contributed by atoms with Gasteiger partial charge < -0.3 is 9.31 Å². The molecule has 26 heavy (non-hydrogen) atoms. The molecule has 7 heteroatoms. The van der Waals surface area contributed by atoms with Crippen LogP contribution < -0.4 is 5.46 Å². The minimum Gasteiger partial charge on any atom is -0.399 e. The lowest BCUT2D eigenvalue weighted by atomic mass is 9.78. The second-order valence-electron chi connectivity index (χ2n) is 8.88. The molecule has 1 aromatic carbocycles. The Balaban J connectivity index is 1.50. The third-order valence-corrected chi connectivity index (χ3v) is 8.26. The molecule has 2 aliphatic heterocycles. The molecular weight excluding hydrogens is 349 g/mol. The SMILES string of the molecule is CC1(C)OB(c2ccc(C3(N4CCS(=O)(=O)CC4)CC3)cc2)OC1(C)C. The molecule has 0 spiro atoms. The summed E-state index contributed by atoms with van der Waals surface area (Å²) >= 11 is 0. The van der Waals surface area contributed by atoms with Crippen molar-refractivity contribution in [1.82, 2.24) is 4.90 Å². The zero-order chi connectivity index (χ0) is 18.8. The molecule has 0 radical (unpaired) electrons. The van der Waals surface area contributed by atoms with E-state index in [1.165, 1.54) is 5.56 Å². The largest absolute Gasteiger partial charge is 0.494 e. The summed E-state index contributed by atoms with van der Waals surface area (Å²) in [6, 6.07) is 8.52. The summed E-state index contributed by atoms with van der Waals surface area (Å²) in [5, 5.41) is 0. The van der Waals surface area contributed by atoms with Crippen LogP contribution in [0.1, 0.15) is 46.1 Å². The van der Waals surface area contributed by atoms with Crippen molar-refractivity contribution in [1.29, 1.82) is 0 Å². The van der Waals surface area contributed by atoms with E-state index in [4.69, 9.17) is 9.31 Å². The van der Waals surface area contributed by atoms with Gasteiger partial charge in [-0.15, -0.1) is 0 Å². The van der Waals surface area contributed by atoms with Gasteiger partial charge in [0.2, 0.25) is 0 Å². The van der Waals surface area contributed by atoms with Crippen molar-refractivity contribution in [2.75, 3.05) is 24.6 Å². The van der Waals surface area contributed by atoms with Crippen LogP contribution >= 0.6 is 0 Å². The molecule has 3 fully saturated rings. The van der Waals surface area contributed by atoms with E-state index >= 15 is 0 Å². The predicted molar refractivity (Wildman–Crippen MR) is 103 cm³/mol. The van der Waals surface area contributed by atoms with Crippen molar-refractivity contribution < 1.29 is 17.7 Å². The Bertz CT molecular complexity index is 769. The maximum atomic E-state index is 11.7. The normalized spacial score (nSPS) is 28.8. The van der Waals surface area contributed by atoms with E-state index in [2.05, 4.69) is 56.9 Å². The molecule has 0 bridgehead atoms. The fourth-order valence-corrected chi connectivity index (χ4v) is 5.18. The lowest BCUT2D eigenvalue weighted by molar-refractivity contribution is 0.00578. The van der Waals surface area contributed by atoms with Crippen LogP contribution in [0.3, 0.4) is 0 Å². The van der Waals surface area contributed by atoms with E-state index in [1.54, 1.807) is 0 Å². The molecule has 1 aromatic rings. The van der Waals surface area contributed by atoms with Crippen LogP contribution in [0.15, 0.2) is 24.3 Å². The average Bonchev–Trinajstić information content (AvgIpc) is 3.31. The Morgan fingerprint density at radius 3 is 1.88 bits per heavy atom. The Morgan fingerprint density at radius 1 is 0.923 bits per heavy atom. The van der Waals surface area contributed by atoms with Gasteiger partial charge >= 0.3 is 7.12 Å². The highest BCUT2D eigenvalue weighted by Crippen LogP contribution is 2.51. The van der Waals surface area contributed by atoms with Crippen LogP contribution in [-0.2, 0) is 24.7 Å². The lowest BCUT2D eigenvalue weighted by Gasteiger charge is -2.35. The smallest absolute Gasteiger partial charge is 0.399 e. The van der Waals surface area contributed by atoms with E-state index in [0.717, 1.165) is 18.3 Å². The van der Waals surface area contributed by atoms with Gasteiger partial charge in [0.15, 0.2) is 9.84 Å². The zero-order valence-corrected chi connectivity index (χ0v) is 16.9. The summed E-state index contributed by atoms with van der Waals surface area (Å²) in [5.74, 6) is 0.557. The standard InChI is InChI=1S/C19H28BNO4S/c1-17(2)18(3,4)25-20(24-17)16-7-5-15(6-8-16)19(9-10-19)21-11-13-26(22,23)14-12-21/h5-8H,9-14H2,1-4H3. The van der Waals surface area contributed by atoms with Gasteiger partial charge in [-0.05, 0) is 51.6 Å². The second kappa shape index (κ2) is 5.80. The highest BCUT2D eigenvalue weighted by atomic mass is 32.2. The van der Waals surface area contributed by atoms with Gasteiger partial charge in [0.25, 0.3) is 0 Å². The molecule has 3 aliphatic rings. The summed E-state index contributed by atoms with van der Waals surface area (Å²) in [7, 11) is -3.19. The van der Waals surface area contributed by atoms with Crippen LogP contribution in [0.5, 0.6) is 0 Å². The van der Waals surface area contributed by atoms with Crippen molar-refractivity contribution in [3.8, 4) is 0 Å². The summed E-state index contributed by atoms with van der Waals surface area (Å²) in [5.41, 5.74) is 1.66. The Morgan fingerprint density at radius 2 is 1.42 bits per heavy atom. The fourth-order valence-electron chi connectivity index (χ4n) is 3.98. The van der Waals surface area contributed by atoms with Gasteiger partial charge in [0, 0.05) is 18.6 Å². The Kier molecular flexibility index (Phi) is 4.12. The molecule has 1 aliphatic carbocycles. The molecule has 0 aromatic heterocycles. The van der Waals surface area contributed by atoms with Crippen LogP contribution in [0.25, 0.3) is 0 Å². The molecule has 0 unspecified atom stereocenters. The first-order chi connectivity index (χ1) is 12.0. The molecule has 1 saturated carbocycles. The minimum atomic E-state index is -2.85. The molecule has 2 heterocycles. The van der Waals surface area contributed by atoms with Gasteiger partial charge in [-0.3, -0.25) is 4.90 Å². The van der Waals surface area contributed by atoms with Crippen LogP contribution in [0.4, 0.5) is 0 Å². The number of sulfone groups is 1. The summed E-state index contributed by atoms with van der Waals surface area (Å²) in [6.45, 7) is 9.52. The van der Waals surface area contributed by atoms with Crippen LogP contribution in [0.2, 0.25) is 0 Å². The quantitative estimate of drug-likeness (QED) is 0.751. The van der Waals surface area contributed by atoms with E-state index in [9.17, 15) is 8.42 Å². The molecule has 0 N–H and O–H groups in total. The first kappa shape index (κ1) is 18.5. The van der Waals surface area contributed by atoms with Crippen molar-refractivity contribution in [2.45, 2.75) is 57.3 Å².